The molecule has 0 aliphatic rings. The quantitative estimate of drug-likeness (QED) is 0.537. The van der Waals surface area contributed by atoms with Crippen molar-refractivity contribution in [3.63, 3.8) is 0 Å². The number of halogens is 1. The zero-order chi connectivity index (χ0) is 8.43. The van der Waals surface area contributed by atoms with Gasteiger partial charge in [0, 0.05) is 0 Å². The molecule has 0 bridgehead atoms. The van der Waals surface area contributed by atoms with Crippen LogP contribution in [0.15, 0.2) is 18.2 Å². The third-order valence-electron chi connectivity index (χ3n) is 1.85. The highest BCUT2D eigenvalue weighted by molar-refractivity contribution is 6.71. The molecular weight excluding hydrogens is 138 g/mol. The minimum Gasteiger partial charge on any atom is -0.207 e. The summed E-state index contributed by atoms with van der Waals surface area (Å²) >= 11 is 0. The molecule has 1 aromatic carbocycles. The van der Waals surface area contributed by atoms with E-state index < -0.39 is 0 Å². The van der Waals surface area contributed by atoms with Crippen LogP contribution >= 0.6 is 0 Å². The highest BCUT2D eigenvalue weighted by Gasteiger charge is 2.05. The maximum atomic E-state index is 12.6. The van der Waals surface area contributed by atoms with Gasteiger partial charge < -0.3 is 0 Å². The van der Waals surface area contributed by atoms with Crippen LogP contribution in [0.3, 0.4) is 0 Å². The van der Waals surface area contributed by atoms with Crippen molar-refractivity contribution in [2.45, 2.75) is 20.6 Å². The van der Waals surface area contributed by atoms with Crippen molar-refractivity contribution in [2.24, 2.45) is 0 Å². The van der Waals surface area contributed by atoms with Crippen molar-refractivity contribution in [3.05, 3.63) is 29.6 Å². The fourth-order valence-corrected chi connectivity index (χ4v) is 1.29. The summed E-state index contributed by atoms with van der Waals surface area (Å²) in [7, 11) is 0. The molecule has 0 fully saturated rings. The average Bonchev–Trinajstić information content (AvgIpc) is 1.85. The third-order valence-corrected chi connectivity index (χ3v) is 1.85. The lowest BCUT2D eigenvalue weighted by Gasteiger charge is -2.05. The highest BCUT2D eigenvalue weighted by Crippen LogP contribution is 2.00. The molecule has 1 rings (SSSR count). The Hall–Kier alpha value is -0.785. The van der Waals surface area contributed by atoms with Crippen molar-refractivity contribution >= 4 is 12.2 Å². The Labute approximate surface area is 67.5 Å². The Morgan fingerprint density at radius 1 is 1.27 bits per heavy atom. The first-order valence-electron chi connectivity index (χ1n) is 3.87. The van der Waals surface area contributed by atoms with Gasteiger partial charge in [-0.05, 0) is 19.1 Å². The van der Waals surface area contributed by atoms with Crippen LogP contribution in [-0.4, -0.2) is 6.71 Å². The SMILES string of the molecule is CB(C)c1ccc(F)cc1C. The zero-order valence-electron chi connectivity index (χ0n) is 7.19. The summed E-state index contributed by atoms with van der Waals surface area (Å²) in [6.45, 7) is 6.65. The van der Waals surface area contributed by atoms with Gasteiger partial charge >= 0.3 is 0 Å². The Bertz CT molecular complexity index is 256. The summed E-state index contributed by atoms with van der Waals surface area (Å²) in [6, 6.07) is 4.95. The van der Waals surface area contributed by atoms with Gasteiger partial charge in [-0.25, -0.2) is 4.39 Å². The molecule has 0 unspecified atom stereocenters. The first-order valence-corrected chi connectivity index (χ1v) is 3.87. The van der Waals surface area contributed by atoms with Crippen LogP contribution < -0.4 is 5.46 Å². The van der Waals surface area contributed by atoms with E-state index in [1.54, 1.807) is 6.07 Å². The number of benzene rings is 1. The maximum Gasteiger partial charge on any atom is 0.169 e. The number of hydrogen-bond donors (Lipinski definition) is 0. The van der Waals surface area contributed by atoms with Crippen molar-refractivity contribution in [1.82, 2.24) is 0 Å². The molecular formula is C9H12BF. The Balaban J connectivity index is 3.09. The molecule has 0 N–H and O–H groups in total. The maximum absolute atomic E-state index is 12.6. The van der Waals surface area contributed by atoms with Gasteiger partial charge in [0.15, 0.2) is 6.71 Å². The normalized spacial score (nSPS) is 9.82. The van der Waals surface area contributed by atoms with E-state index in [0.717, 1.165) is 5.56 Å². The summed E-state index contributed by atoms with van der Waals surface area (Å²) in [5.41, 5.74) is 2.27. The fourth-order valence-electron chi connectivity index (χ4n) is 1.29. The van der Waals surface area contributed by atoms with E-state index in [1.165, 1.54) is 11.5 Å². The van der Waals surface area contributed by atoms with Gasteiger partial charge in [0.25, 0.3) is 0 Å². The molecule has 11 heavy (non-hydrogen) atoms. The van der Waals surface area contributed by atoms with E-state index in [-0.39, 0.29) is 5.82 Å². The van der Waals surface area contributed by atoms with Crippen molar-refractivity contribution in [1.29, 1.82) is 0 Å². The predicted octanol–water partition coefficient (Wildman–Crippen LogP) is 2.10. The number of aryl methyl sites for hydroxylation is 1. The topological polar surface area (TPSA) is 0 Å². The molecule has 0 aliphatic heterocycles. The molecule has 2 heteroatoms. The Morgan fingerprint density at radius 2 is 1.91 bits per heavy atom. The lowest BCUT2D eigenvalue weighted by molar-refractivity contribution is 0.627. The molecule has 0 saturated heterocycles. The lowest BCUT2D eigenvalue weighted by atomic mass is 9.48. The second-order valence-corrected chi connectivity index (χ2v) is 3.16. The van der Waals surface area contributed by atoms with Gasteiger partial charge in [-0.1, -0.05) is 30.7 Å². The van der Waals surface area contributed by atoms with E-state index in [4.69, 9.17) is 0 Å². The van der Waals surface area contributed by atoms with Crippen LogP contribution in [0.4, 0.5) is 4.39 Å². The number of hydrogen-bond acceptors (Lipinski definition) is 0. The van der Waals surface area contributed by atoms with Crippen LogP contribution in [0.25, 0.3) is 0 Å². The largest absolute Gasteiger partial charge is 0.207 e. The highest BCUT2D eigenvalue weighted by atomic mass is 19.1. The summed E-state index contributed by atoms with van der Waals surface area (Å²) < 4.78 is 12.6. The molecule has 0 amide bonds. The fraction of sp³-hybridized carbons (Fsp3) is 0.333. The van der Waals surface area contributed by atoms with Crippen LogP contribution in [0.1, 0.15) is 5.56 Å². The summed E-state index contributed by atoms with van der Waals surface area (Å²) in [5.74, 6) is -0.146. The van der Waals surface area contributed by atoms with E-state index in [9.17, 15) is 4.39 Å². The molecule has 0 atom stereocenters. The van der Waals surface area contributed by atoms with E-state index in [0.29, 0.717) is 6.71 Å². The minimum atomic E-state index is -0.146. The Kier molecular flexibility index (Phi) is 2.33. The smallest absolute Gasteiger partial charge is 0.169 e. The lowest BCUT2D eigenvalue weighted by Crippen LogP contribution is -2.25. The third kappa shape index (κ3) is 1.82. The molecule has 0 aromatic heterocycles. The van der Waals surface area contributed by atoms with Gasteiger partial charge in [-0.2, -0.15) is 0 Å². The summed E-state index contributed by atoms with van der Waals surface area (Å²) in [6.07, 6.45) is 0. The molecule has 1 aromatic rings. The molecule has 58 valence electrons. The predicted molar refractivity (Wildman–Crippen MR) is 48.3 cm³/mol. The van der Waals surface area contributed by atoms with Gasteiger partial charge in [0.05, 0.1) is 0 Å². The van der Waals surface area contributed by atoms with E-state index in [2.05, 4.69) is 13.6 Å². The zero-order valence-corrected chi connectivity index (χ0v) is 7.19. The first kappa shape index (κ1) is 8.31. The molecule has 0 radical (unpaired) electrons. The summed E-state index contributed by atoms with van der Waals surface area (Å²) in [5, 5.41) is 0. The van der Waals surface area contributed by atoms with Crippen molar-refractivity contribution in [2.75, 3.05) is 0 Å². The molecule has 0 aliphatic carbocycles. The monoisotopic (exact) mass is 150 g/mol. The molecule has 0 saturated carbocycles. The van der Waals surface area contributed by atoms with Crippen LogP contribution in [-0.2, 0) is 0 Å². The first-order chi connectivity index (χ1) is 5.11. The van der Waals surface area contributed by atoms with Crippen molar-refractivity contribution < 1.29 is 4.39 Å². The second kappa shape index (κ2) is 3.08. The average molecular weight is 150 g/mol. The molecule has 0 spiro atoms. The van der Waals surface area contributed by atoms with Crippen LogP contribution in [0.5, 0.6) is 0 Å². The van der Waals surface area contributed by atoms with Crippen LogP contribution in [0.2, 0.25) is 13.6 Å². The van der Waals surface area contributed by atoms with Crippen molar-refractivity contribution in [3.8, 4) is 0 Å². The van der Waals surface area contributed by atoms with E-state index in [1.807, 2.05) is 13.0 Å². The molecule has 0 heterocycles. The van der Waals surface area contributed by atoms with Crippen LogP contribution in [0, 0.1) is 12.7 Å². The minimum absolute atomic E-state index is 0.146. The molecule has 0 nitrogen and oxygen atoms in total. The van der Waals surface area contributed by atoms with Gasteiger partial charge in [0.1, 0.15) is 5.82 Å². The summed E-state index contributed by atoms with van der Waals surface area (Å²) in [4.78, 5) is 0. The number of rotatable bonds is 1. The standard InChI is InChI=1S/C9H12BF/c1-7-6-8(11)4-5-9(7)10(2)3/h4-6H,1-3H3. The second-order valence-electron chi connectivity index (χ2n) is 3.16. The Morgan fingerprint density at radius 3 is 2.36 bits per heavy atom. The van der Waals surface area contributed by atoms with Gasteiger partial charge in [-0.15, -0.1) is 0 Å². The van der Waals surface area contributed by atoms with Gasteiger partial charge in [-0.3, -0.25) is 0 Å². The van der Waals surface area contributed by atoms with E-state index >= 15 is 0 Å². The van der Waals surface area contributed by atoms with Gasteiger partial charge in [0.2, 0.25) is 0 Å².